The van der Waals surface area contributed by atoms with Crippen molar-refractivity contribution in [1.29, 1.82) is 0 Å². The van der Waals surface area contributed by atoms with Crippen molar-refractivity contribution < 1.29 is 4.74 Å². The minimum absolute atomic E-state index is 0.191. The summed E-state index contributed by atoms with van der Waals surface area (Å²) in [6, 6.07) is 8.10. The first kappa shape index (κ1) is 12.5. The maximum Gasteiger partial charge on any atom is 0.0763 e. The number of methoxy groups -OCH3 is 1. The van der Waals surface area contributed by atoms with Crippen LogP contribution in [0.25, 0.3) is 0 Å². The molecule has 0 aliphatic heterocycles. The molecule has 1 aromatic carbocycles. The third kappa shape index (κ3) is 3.20. The molecule has 2 unspecified atom stereocenters. The van der Waals surface area contributed by atoms with Crippen LogP contribution in [-0.4, -0.2) is 20.3 Å². The highest BCUT2D eigenvalue weighted by molar-refractivity contribution is 6.30. The van der Waals surface area contributed by atoms with Gasteiger partial charge in [-0.15, -0.1) is 0 Å². The molecule has 0 amide bonds. The molecule has 0 spiro atoms. The highest BCUT2D eigenvalue weighted by Crippen LogP contribution is 2.22. The Morgan fingerprint density at radius 2 is 1.93 bits per heavy atom. The van der Waals surface area contributed by atoms with Crippen molar-refractivity contribution in [3.05, 3.63) is 34.9 Å². The summed E-state index contributed by atoms with van der Waals surface area (Å²) in [5.74, 6) is 0. The standard InChI is InChI=1S/C12H18ClNO/c1-4-11(15-3)12(14-2)9-5-7-10(13)8-6-9/h5-8,11-12,14H,4H2,1-3H3. The largest absolute Gasteiger partial charge is 0.379 e. The van der Waals surface area contributed by atoms with E-state index in [-0.39, 0.29) is 12.1 Å². The van der Waals surface area contributed by atoms with E-state index >= 15 is 0 Å². The molecule has 1 rings (SSSR count). The summed E-state index contributed by atoms with van der Waals surface area (Å²) >= 11 is 5.86. The molecule has 1 aromatic rings. The van der Waals surface area contributed by atoms with Gasteiger partial charge in [0.1, 0.15) is 0 Å². The van der Waals surface area contributed by atoms with Crippen LogP contribution in [0.4, 0.5) is 0 Å². The summed E-state index contributed by atoms with van der Waals surface area (Å²) in [6.45, 7) is 2.12. The predicted octanol–water partition coefficient (Wildman–Crippen LogP) is 3.03. The molecule has 0 aliphatic carbocycles. The molecule has 0 bridgehead atoms. The van der Waals surface area contributed by atoms with Gasteiger partial charge < -0.3 is 10.1 Å². The van der Waals surface area contributed by atoms with Gasteiger partial charge in [-0.2, -0.15) is 0 Å². The first-order chi connectivity index (χ1) is 7.22. The van der Waals surface area contributed by atoms with Gasteiger partial charge >= 0.3 is 0 Å². The van der Waals surface area contributed by atoms with Crippen LogP contribution < -0.4 is 5.32 Å². The maximum atomic E-state index is 5.86. The van der Waals surface area contributed by atoms with Crippen LogP contribution in [0.15, 0.2) is 24.3 Å². The zero-order valence-corrected chi connectivity index (χ0v) is 10.2. The molecule has 2 nitrogen and oxygen atoms in total. The summed E-state index contributed by atoms with van der Waals surface area (Å²) in [7, 11) is 3.69. The van der Waals surface area contributed by atoms with Crippen molar-refractivity contribution in [2.45, 2.75) is 25.5 Å². The van der Waals surface area contributed by atoms with Crippen LogP contribution in [0.5, 0.6) is 0 Å². The Bertz CT molecular complexity index is 282. The van der Waals surface area contributed by atoms with E-state index in [0.717, 1.165) is 11.4 Å². The number of rotatable bonds is 5. The van der Waals surface area contributed by atoms with Crippen LogP contribution in [0.2, 0.25) is 5.02 Å². The van der Waals surface area contributed by atoms with Crippen LogP contribution >= 0.6 is 11.6 Å². The topological polar surface area (TPSA) is 21.3 Å². The van der Waals surface area contributed by atoms with Crippen molar-refractivity contribution >= 4 is 11.6 Å². The quantitative estimate of drug-likeness (QED) is 0.835. The molecule has 3 heteroatoms. The van der Waals surface area contributed by atoms with E-state index in [0.29, 0.717) is 0 Å². The van der Waals surface area contributed by atoms with Crippen LogP contribution in [-0.2, 0) is 4.74 Å². The fourth-order valence-corrected chi connectivity index (χ4v) is 1.90. The average molecular weight is 228 g/mol. The molecule has 15 heavy (non-hydrogen) atoms. The summed E-state index contributed by atoms with van der Waals surface area (Å²) in [5, 5.41) is 4.03. The fraction of sp³-hybridized carbons (Fsp3) is 0.500. The van der Waals surface area contributed by atoms with Crippen molar-refractivity contribution in [3.8, 4) is 0 Å². The first-order valence-electron chi connectivity index (χ1n) is 5.18. The number of hydrogen-bond acceptors (Lipinski definition) is 2. The van der Waals surface area contributed by atoms with Gasteiger partial charge in [0, 0.05) is 12.1 Å². The monoisotopic (exact) mass is 227 g/mol. The smallest absolute Gasteiger partial charge is 0.0763 e. The SMILES string of the molecule is CCC(OC)C(NC)c1ccc(Cl)cc1. The van der Waals surface area contributed by atoms with Crippen molar-refractivity contribution in [2.24, 2.45) is 0 Å². The number of nitrogens with one attached hydrogen (secondary N) is 1. The normalized spacial score (nSPS) is 14.9. The Morgan fingerprint density at radius 3 is 2.33 bits per heavy atom. The summed E-state index contributed by atoms with van der Waals surface area (Å²) in [4.78, 5) is 0. The van der Waals surface area contributed by atoms with Crippen LogP contribution in [0.1, 0.15) is 24.9 Å². The Labute approximate surface area is 96.6 Å². The lowest BCUT2D eigenvalue weighted by Gasteiger charge is -2.25. The minimum Gasteiger partial charge on any atom is -0.379 e. The second kappa shape index (κ2) is 6.11. The number of hydrogen-bond donors (Lipinski definition) is 1. The zero-order chi connectivity index (χ0) is 11.3. The van der Waals surface area contributed by atoms with Gasteiger partial charge in [0.25, 0.3) is 0 Å². The highest BCUT2D eigenvalue weighted by atomic mass is 35.5. The van der Waals surface area contributed by atoms with E-state index < -0.39 is 0 Å². The first-order valence-corrected chi connectivity index (χ1v) is 5.56. The minimum atomic E-state index is 0.191. The Balaban J connectivity index is 2.86. The molecule has 0 radical (unpaired) electrons. The number of benzene rings is 1. The molecule has 84 valence electrons. The zero-order valence-electron chi connectivity index (χ0n) is 9.46. The van der Waals surface area contributed by atoms with Gasteiger partial charge in [0.05, 0.1) is 12.1 Å². The average Bonchev–Trinajstić information content (AvgIpc) is 2.27. The lowest BCUT2D eigenvalue weighted by molar-refractivity contribution is 0.0676. The fourth-order valence-electron chi connectivity index (χ4n) is 1.78. The summed E-state index contributed by atoms with van der Waals surface area (Å²) in [6.07, 6.45) is 1.17. The van der Waals surface area contributed by atoms with Crippen molar-refractivity contribution in [1.82, 2.24) is 5.32 Å². The van der Waals surface area contributed by atoms with E-state index in [1.807, 2.05) is 31.3 Å². The second-order valence-corrected chi connectivity index (χ2v) is 3.94. The van der Waals surface area contributed by atoms with E-state index in [1.54, 1.807) is 7.11 Å². The molecule has 1 N–H and O–H groups in total. The van der Waals surface area contributed by atoms with E-state index in [4.69, 9.17) is 16.3 Å². The summed E-state index contributed by atoms with van der Waals surface area (Å²) in [5.41, 5.74) is 1.20. The van der Waals surface area contributed by atoms with E-state index in [9.17, 15) is 0 Å². The second-order valence-electron chi connectivity index (χ2n) is 3.50. The van der Waals surface area contributed by atoms with Gasteiger partial charge in [0.2, 0.25) is 0 Å². The molecular weight excluding hydrogens is 210 g/mol. The number of halogens is 1. The Hall–Kier alpha value is -0.570. The molecule has 0 aromatic heterocycles. The third-order valence-corrected chi connectivity index (χ3v) is 2.87. The lowest BCUT2D eigenvalue weighted by Crippen LogP contribution is -2.30. The molecule has 0 heterocycles. The number of likely N-dealkylation sites (N-methyl/N-ethyl adjacent to an activating group) is 1. The van der Waals surface area contributed by atoms with Crippen LogP contribution in [0, 0.1) is 0 Å². The van der Waals surface area contributed by atoms with Gasteiger partial charge in [-0.25, -0.2) is 0 Å². The predicted molar refractivity (Wildman–Crippen MR) is 64.3 cm³/mol. The van der Waals surface area contributed by atoms with Crippen LogP contribution in [0.3, 0.4) is 0 Å². The van der Waals surface area contributed by atoms with Gasteiger partial charge in [-0.1, -0.05) is 30.7 Å². The molecule has 0 aliphatic rings. The molecule has 0 saturated carbocycles. The summed E-state index contributed by atoms with van der Waals surface area (Å²) < 4.78 is 5.44. The number of ether oxygens (including phenoxy) is 1. The maximum absolute atomic E-state index is 5.86. The van der Waals surface area contributed by atoms with E-state index in [2.05, 4.69) is 12.2 Å². The molecular formula is C12H18ClNO. The third-order valence-electron chi connectivity index (χ3n) is 2.62. The van der Waals surface area contributed by atoms with Gasteiger partial charge in [0.15, 0.2) is 0 Å². The van der Waals surface area contributed by atoms with Gasteiger partial charge in [-0.3, -0.25) is 0 Å². The molecule has 0 saturated heterocycles. The molecule has 0 fully saturated rings. The Morgan fingerprint density at radius 1 is 1.33 bits per heavy atom. The van der Waals surface area contributed by atoms with Gasteiger partial charge in [-0.05, 0) is 31.2 Å². The highest BCUT2D eigenvalue weighted by Gasteiger charge is 2.19. The Kier molecular flexibility index (Phi) is 5.09. The molecule has 2 atom stereocenters. The van der Waals surface area contributed by atoms with E-state index in [1.165, 1.54) is 5.56 Å². The van der Waals surface area contributed by atoms with Crippen molar-refractivity contribution in [3.63, 3.8) is 0 Å². The lowest BCUT2D eigenvalue weighted by atomic mass is 10.00. The van der Waals surface area contributed by atoms with Crippen molar-refractivity contribution in [2.75, 3.05) is 14.2 Å².